The van der Waals surface area contributed by atoms with Crippen LogP contribution in [-0.2, 0) is 7.05 Å². The van der Waals surface area contributed by atoms with Gasteiger partial charge in [0.25, 0.3) is 11.4 Å². The molecule has 0 unspecified atom stereocenters. The third kappa shape index (κ3) is 2.26. The largest absolute Gasteiger partial charge is 0.334 e. The lowest BCUT2D eigenvalue weighted by atomic mass is 10.1. The SMILES string of the molecule is Cc1nc2cc(-c3noc(-c4ccncc4)n3)ccc2n(C)c1=O. The van der Waals surface area contributed by atoms with Crippen LogP contribution in [0.1, 0.15) is 5.69 Å². The van der Waals surface area contributed by atoms with Gasteiger partial charge in [-0.1, -0.05) is 5.16 Å². The molecule has 0 fully saturated rings. The minimum Gasteiger partial charge on any atom is -0.334 e. The predicted octanol–water partition coefficient (Wildman–Crippen LogP) is 2.35. The molecule has 24 heavy (non-hydrogen) atoms. The second kappa shape index (κ2) is 5.38. The van der Waals surface area contributed by atoms with E-state index >= 15 is 0 Å². The van der Waals surface area contributed by atoms with Gasteiger partial charge in [-0.05, 0) is 37.3 Å². The van der Waals surface area contributed by atoms with E-state index in [9.17, 15) is 4.79 Å². The van der Waals surface area contributed by atoms with Gasteiger partial charge in [0.15, 0.2) is 0 Å². The summed E-state index contributed by atoms with van der Waals surface area (Å²) in [5, 5.41) is 4.03. The maximum absolute atomic E-state index is 12.0. The van der Waals surface area contributed by atoms with E-state index in [0.29, 0.717) is 22.9 Å². The van der Waals surface area contributed by atoms with Gasteiger partial charge in [-0.3, -0.25) is 9.78 Å². The van der Waals surface area contributed by atoms with Crippen molar-refractivity contribution >= 4 is 11.0 Å². The van der Waals surface area contributed by atoms with Gasteiger partial charge < -0.3 is 9.09 Å². The smallest absolute Gasteiger partial charge is 0.272 e. The molecule has 0 N–H and O–H groups in total. The number of nitrogens with zero attached hydrogens (tertiary/aromatic N) is 5. The molecular formula is C17H13N5O2. The first kappa shape index (κ1) is 14.3. The maximum atomic E-state index is 12.0. The third-order valence-corrected chi connectivity index (χ3v) is 3.85. The van der Waals surface area contributed by atoms with Gasteiger partial charge in [-0.2, -0.15) is 4.98 Å². The van der Waals surface area contributed by atoms with E-state index < -0.39 is 0 Å². The second-order valence-electron chi connectivity index (χ2n) is 5.42. The highest BCUT2D eigenvalue weighted by Crippen LogP contribution is 2.24. The number of pyridine rings is 1. The zero-order valence-corrected chi connectivity index (χ0v) is 13.1. The molecule has 0 aliphatic rings. The van der Waals surface area contributed by atoms with Gasteiger partial charge >= 0.3 is 0 Å². The molecule has 3 aromatic heterocycles. The van der Waals surface area contributed by atoms with E-state index in [1.165, 1.54) is 0 Å². The molecule has 0 bridgehead atoms. The molecule has 0 aliphatic carbocycles. The minimum absolute atomic E-state index is 0.102. The third-order valence-electron chi connectivity index (χ3n) is 3.85. The Morgan fingerprint density at radius 1 is 1.04 bits per heavy atom. The quantitative estimate of drug-likeness (QED) is 0.563. The number of aromatic nitrogens is 5. The Bertz CT molecular complexity index is 1100. The lowest BCUT2D eigenvalue weighted by Crippen LogP contribution is -2.20. The Hall–Kier alpha value is -3.35. The Kier molecular flexibility index (Phi) is 3.19. The molecule has 118 valence electrons. The summed E-state index contributed by atoms with van der Waals surface area (Å²) in [6.07, 6.45) is 3.34. The molecule has 0 aliphatic heterocycles. The van der Waals surface area contributed by atoms with Gasteiger partial charge in [-0.15, -0.1) is 0 Å². The molecule has 4 aromatic rings. The van der Waals surface area contributed by atoms with Crippen molar-refractivity contribution in [3.8, 4) is 22.8 Å². The van der Waals surface area contributed by atoms with E-state index in [-0.39, 0.29) is 5.56 Å². The van der Waals surface area contributed by atoms with Crippen LogP contribution in [0.2, 0.25) is 0 Å². The summed E-state index contributed by atoms with van der Waals surface area (Å²) in [4.78, 5) is 24.7. The van der Waals surface area contributed by atoms with E-state index in [2.05, 4.69) is 20.1 Å². The fraction of sp³-hybridized carbons (Fsp3) is 0.118. The number of aryl methyl sites for hydroxylation is 2. The molecule has 0 radical (unpaired) electrons. The summed E-state index contributed by atoms with van der Waals surface area (Å²) in [6.45, 7) is 1.70. The average Bonchev–Trinajstić information content (AvgIpc) is 3.10. The topological polar surface area (TPSA) is 86.7 Å². The fourth-order valence-corrected chi connectivity index (χ4v) is 2.57. The zero-order valence-electron chi connectivity index (χ0n) is 13.1. The Balaban J connectivity index is 1.82. The van der Waals surface area contributed by atoms with Gasteiger partial charge in [0.2, 0.25) is 5.82 Å². The van der Waals surface area contributed by atoms with Gasteiger partial charge in [-0.25, -0.2) is 4.98 Å². The Morgan fingerprint density at radius 3 is 2.62 bits per heavy atom. The first-order chi connectivity index (χ1) is 11.6. The van der Waals surface area contributed by atoms with Crippen LogP contribution in [0.4, 0.5) is 0 Å². The molecule has 7 nitrogen and oxygen atoms in total. The number of hydrogen-bond acceptors (Lipinski definition) is 6. The van der Waals surface area contributed by atoms with Crippen LogP contribution in [0.15, 0.2) is 52.0 Å². The van der Waals surface area contributed by atoms with E-state index in [0.717, 1.165) is 16.6 Å². The van der Waals surface area contributed by atoms with Crippen molar-refractivity contribution in [2.45, 2.75) is 6.92 Å². The van der Waals surface area contributed by atoms with Crippen LogP contribution in [0, 0.1) is 6.92 Å². The zero-order chi connectivity index (χ0) is 16.7. The molecule has 0 saturated carbocycles. The summed E-state index contributed by atoms with van der Waals surface area (Å²) in [5.74, 6) is 0.897. The summed E-state index contributed by atoms with van der Waals surface area (Å²) in [5.41, 5.74) is 3.40. The van der Waals surface area contributed by atoms with Crippen LogP contribution in [0.5, 0.6) is 0 Å². The first-order valence-electron chi connectivity index (χ1n) is 7.35. The van der Waals surface area contributed by atoms with Crippen molar-refractivity contribution in [1.82, 2.24) is 24.7 Å². The molecule has 7 heteroatoms. The fourth-order valence-electron chi connectivity index (χ4n) is 2.57. The van der Waals surface area contributed by atoms with Crippen LogP contribution in [0.3, 0.4) is 0 Å². The standard InChI is InChI=1S/C17H13N5O2/c1-10-17(23)22(2)14-4-3-12(9-13(14)19-10)15-20-16(24-21-15)11-5-7-18-8-6-11/h3-9H,1-2H3. The number of hydrogen-bond donors (Lipinski definition) is 0. The number of rotatable bonds is 2. The van der Waals surface area contributed by atoms with Crippen molar-refractivity contribution in [1.29, 1.82) is 0 Å². The summed E-state index contributed by atoms with van der Waals surface area (Å²) >= 11 is 0. The highest BCUT2D eigenvalue weighted by atomic mass is 16.5. The summed E-state index contributed by atoms with van der Waals surface area (Å²) in [7, 11) is 1.73. The van der Waals surface area contributed by atoms with Gasteiger partial charge in [0.05, 0.1) is 11.0 Å². The van der Waals surface area contributed by atoms with Crippen LogP contribution < -0.4 is 5.56 Å². The average molecular weight is 319 g/mol. The first-order valence-corrected chi connectivity index (χ1v) is 7.35. The Labute approximate surface area is 136 Å². The molecule has 4 rings (SSSR count). The number of fused-ring (bicyclic) bond motifs is 1. The molecule has 0 spiro atoms. The van der Waals surface area contributed by atoms with Crippen LogP contribution in [-0.4, -0.2) is 24.7 Å². The lowest BCUT2D eigenvalue weighted by molar-refractivity contribution is 0.432. The van der Waals surface area contributed by atoms with Crippen molar-refractivity contribution in [3.05, 3.63) is 58.8 Å². The monoisotopic (exact) mass is 319 g/mol. The van der Waals surface area contributed by atoms with E-state index in [4.69, 9.17) is 4.52 Å². The van der Waals surface area contributed by atoms with E-state index in [1.54, 1.807) is 43.1 Å². The van der Waals surface area contributed by atoms with Crippen LogP contribution in [0.25, 0.3) is 33.9 Å². The molecule has 3 heterocycles. The second-order valence-corrected chi connectivity index (χ2v) is 5.42. The van der Waals surface area contributed by atoms with Crippen molar-refractivity contribution in [3.63, 3.8) is 0 Å². The van der Waals surface area contributed by atoms with Crippen molar-refractivity contribution in [2.24, 2.45) is 7.05 Å². The van der Waals surface area contributed by atoms with E-state index in [1.807, 2.05) is 18.2 Å². The molecular weight excluding hydrogens is 306 g/mol. The van der Waals surface area contributed by atoms with Crippen molar-refractivity contribution < 1.29 is 4.52 Å². The predicted molar refractivity (Wildman–Crippen MR) is 88.2 cm³/mol. The number of benzene rings is 1. The van der Waals surface area contributed by atoms with Crippen molar-refractivity contribution in [2.75, 3.05) is 0 Å². The molecule has 0 saturated heterocycles. The van der Waals surface area contributed by atoms with Gasteiger partial charge in [0, 0.05) is 30.6 Å². The summed E-state index contributed by atoms with van der Waals surface area (Å²) < 4.78 is 6.90. The highest BCUT2D eigenvalue weighted by molar-refractivity contribution is 5.80. The van der Waals surface area contributed by atoms with Gasteiger partial charge in [0.1, 0.15) is 5.69 Å². The molecule has 0 atom stereocenters. The molecule has 1 aromatic carbocycles. The lowest BCUT2D eigenvalue weighted by Gasteiger charge is -2.06. The van der Waals surface area contributed by atoms with Crippen LogP contribution >= 0.6 is 0 Å². The maximum Gasteiger partial charge on any atom is 0.272 e. The highest BCUT2D eigenvalue weighted by Gasteiger charge is 2.12. The summed E-state index contributed by atoms with van der Waals surface area (Å²) in [6, 6.07) is 9.14. The Morgan fingerprint density at radius 2 is 1.83 bits per heavy atom. The normalized spacial score (nSPS) is 11.1. The molecule has 0 amide bonds. The minimum atomic E-state index is -0.102.